The van der Waals surface area contributed by atoms with Crippen LogP contribution in [0.1, 0.15) is 41.0 Å². The maximum Gasteiger partial charge on any atom is 0.271 e. The first-order chi connectivity index (χ1) is 9.49. The Morgan fingerprint density at radius 1 is 1.10 bits per heavy atom. The standard InChI is InChI=1S/C13H17N3O4/c1-3-5-15-13(18)10-6-9(12(17)14-4-2)7-11(8-10)16(19)20/h6-8H,3-5H2,1-2H3,(H,14,17)(H,15,18). The summed E-state index contributed by atoms with van der Waals surface area (Å²) in [5.74, 6) is -0.873. The van der Waals surface area contributed by atoms with E-state index in [1.807, 2.05) is 6.92 Å². The molecule has 1 aromatic carbocycles. The van der Waals surface area contributed by atoms with Crippen LogP contribution in [-0.2, 0) is 0 Å². The third-order valence-electron chi connectivity index (χ3n) is 2.53. The zero-order valence-electron chi connectivity index (χ0n) is 11.4. The Bertz CT molecular complexity index is 528. The minimum atomic E-state index is -0.626. The van der Waals surface area contributed by atoms with Gasteiger partial charge in [-0.05, 0) is 19.4 Å². The Morgan fingerprint density at radius 3 is 2.10 bits per heavy atom. The molecule has 0 radical (unpaired) electrons. The summed E-state index contributed by atoms with van der Waals surface area (Å²) >= 11 is 0. The van der Waals surface area contributed by atoms with Crippen LogP contribution in [-0.4, -0.2) is 29.8 Å². The van der Waals surface area contributed by atoms with Crippen molar-refractivity contribution in [1.29, 1.82) is 0 Å². The van der Waals surface area contributed by atoms with E-state index < -0.39 is 16.7 Å². The van der Waals surface area contributed by atoms with Gasteiger partial charge in [0, 0.05) is 36.3 Å². The first-order valence-electron chi connectivity index (χ1n) is 6.35. The van der Waals surface area contributed by atoms with Crippen molar-refractivity contribution < 1.29 is 14.5 Å². The molecule has 2 N–H and O–H groups in total. The van der Waals surface area contributed by atoms with Crippen LogP contribution in [0.25, 0.3) is 0 Å². The summed E-state index contributed by atoms with van der Waals surface area (Å²) in [6.07, 6.45) is 0.754. The predicted molar refractivity (Wildman–Crippen MR) is 73.7 cm³/mol. The lowest BCUT2D eigenvalue weighted by atomic mass is 10.1. The van der Waals surface area contributed by atoms with Crippen molar-refractivity contribution in [3.8, 4) is 0 Å². The van der Waals surface area contributed by atoms with Gasteiger partial charge in [-0.15, -0.1) is 0 Å². The summed E-state index contributed by atoms with van der Waals surface area (Å²) in [5.41, 5.74) is -0.0768. The van der Waals surface area contributed by atoms with Gasteiger partial charge in [0.25, 0.3) is 17.5 Å². The van der Waals surface area contributed by atoms with Gasteiger partial charge in [-0.2, -0.15) is 0 Å². The van der Waals surface area contributed by atoms with E-state index in [-0.39, 0.29) is 16.8 Å². The second-order valence-corrected chi connectivity index (χ2v) is 4.14. The Hall–Kier alpha value is -2.44. The van der Waals surface area contributed by atoms with Crippen molar-refractivity contribution >= 4 is 17.5 Å². The van der Waals surface area contributed by atoms with Crippen LogP contribution in [0.2, 0.25) is 0 Å². The van der Waals surface area contributed by atoms with E-state index in [1.165, 1.54) is 6.07 Å². The number of benzene rings is 1. The summed E-state index contributed by atoms with van der Waals surface area (Å²) in [6, 6.07) is 3.66. The van der Waals surface area contributed by atoms with E-state index in [2.05, 4.69) is 10.6 Å². The van der Waals surface area contributed by atoms with Gasteiger partial charge in [0.2, 0.25) is 0 Å². The number of nitro groups is 1. The van der Waals surface area contributed by atoms with E-state index >= 15 is 0 Å². The van der Waals surface area contributed by atoms with Gasteiger partial charge < -0.3 is 10.6 Å². The molecule has 2 amide bonds. The number of rotatable bonds is 6. The number of non-ortho nitro benzene ring substituents is 1. The lowest BCUT2D eigenvalue weighted by Crippen LogP contribution is -2.26. The van der Waals surface area contributed by atoms with Crippen LogP contribution in [0.4, 0.5) is 5.69 Å². The highest BCUT2D eigenvalue weighted by molar-refractivity contribution is 6.00. The normalized spacial score (nSPS) is 9.90. The SMILES string of the molecule is CCCNC(=O)c1cc(C(=O)NCC)cc([N+](=O)[O-])c1. The van der Waals surface area contributed by atoms with E-state index in [1.54, 1.807) is 6.92 Å². The highest BCUT2D eigenvalue weighted by Crippen LogP contribution is 2.17. The first kappa shape index (κ1) is 15.6. The van der Waals surface area contributed by atoms with Gasteiger partial charge in [0.05, 0.1) is 4.92 Å². The largest absolute Gasteiger partial charge is 0.352 e. The minimum Gasteiger partial charge on any atom is -0.352 e. The number of nitrogens with one attached hydrogen (secondary N) is 2. The predicted octanol–water partition coefficient (Wildman–Crippen LogP) is 1.48. The molecule has 0 saturated heterocycles. The number of carbonyl (C=O) groups excluding carboxylic acids is 2. The van der Waals surface area contributed by atoms with Crippen LogP contribution < -0.4 is 10.6 Å². The highest BCUT2D eigenvalue weighted by Gasteiger charge is 2.17. The van der Waals surface area contributed by atoms with Crippen molar-refractivity contribution in [1.82, 2.24) is 10.6 Å². The number of hydrogen-bond donors (Lipinski definition) is 2. The topological polar surface area (TPSA) is 101 Å². The molecule has 7 nitrogen and oxygen atoms in total. The Balaban J connectivity index is 3.14. The van der Waals surface area contributed by atoms with Crippen LogP contribution >= 0.6 is 0 Å². The maximum absolute atomic E-state index is 11.8. The molecule has 0 spiro atoms. The van der Waals surface area contributed by atoms with E-state index in [0.29, 0.717) is 13.1 Å². The van der Waals surface area contributed by atoms with Crippen molar-refractivity contribution in [2.45, 2.75) is 20.3 Å². The van der Waals surface area contributed by atoms with Crippen molar-refractivity contribution in [2.75, 3.05) is 13.1 Å². The summed E-state index contributed by atoms with van der Waals surface area (Å²) in [4.78, 5) is 33.8. The molecule has 0 bridgehead atoms. The summed E-state index contributed by atoms with van der Waals surface area (Å²) in [5, 5.41) is 16.0. The van der Waals surface area contributed by atoms with Crippen molar-refractivity contribution in [2.24, 2.45) is 0 Å². The number of amides is 2. The van der Waals surface area contributed by atoms with Gasteiger partial charge in [-0.1, -0.05) is 6.92 Å². The fraction of sp³-hybridized carbons (Fsp3) is 0.385. The smallest absolute Gasteiger partial charge is 0.271 e. The molecule has 20 heavy (non-hydrogen) atoms. The molecular formula is C13H17N3O4. The van der Waals surface area contributed by atoms with Crippen LogP contribution in [0.5, 0.6) is 0 Å². The van der Waals surface area contributed by atoms with E-state index in [0.717, 1.165) is 18.6 Å². The van der Waals surface area contributed by atoms with Crippen molar-refractivity contribution in [3.05, 3.63) is 39.4 Å². The van der Waals surface area contributed by atoms with Crippen molar-refractivity contribution in [3.63, 3.8) is 0 Å². The molecule has 0 unspecified atom stereocenters. The molecule has 1 rings (SSSR count). The molecule has 108 valence electrons. The molecule has 0 aliphatic carbocycles. The summed E-state index contributed by atoms with van der Waals surface area (Å²) in [7, 11) is 0. The third-order valence-corrected chi connectivity index (χ3v) is 2.53. The molecule has 0 heterocycles. The lowest BCUT2D eigenvalue weighted by molar-refractivity contribution is -0.384. The zero-order valence-corrected chi connectivity index (χ0v) is 11.4. The average Bonchev–Trinajstić information content (AvgIpc) is 2.44. The van der Waals surface area contributed by atoms with Gasteiger partial charge in [0.1, 0.15) is 0 Å². The zero-order chi connectivity index (χ0) is 15.1. The molecule has 0 aliphatic heterocycles. The summed E-state index contributed by atoms with van der Waals surface area (Å²) < 4.78 is 0. The second-order valence-electron chi connectivity index (χ2n) is 4.14. The summed E-state index contributed by atoms with van der Waals surface area (Å²) in [6.45, 7) is 4.51. The fourth-order valence-electron chi connectivity index (χ4n) is 1.58. The quantitative estimate of drug-likeness (QED) is 0.608. The van der Waals surface area contributed by atoms with Gasteiger partial charge in [0.15, 0.2) is 0 Å². The monoisotopic (exact) mass is 279 g/mol. The van der Waals surface area contributed by atoms with Crippen LogP contribution in [0.15, 0.2) is 18.2 Å². The molecular weight excluding hydrogens is 262 g/mol. The molecule has 0 aromatic heterocycles. The van der Waals surface area contributed by atoms with E-state index in [4.69, 9.17) is 0 Å². The number of nitrogens with zero attached hydrogens (tertiary/aromatic N) is 1. The van der Waals surface area contributed by atoms with Crippen LogP contribution in [0.3, 0.4) is 0 Å². The van der Waals surface area contributed by atoms with Crippen LogP contribution in [0, 0.1) is 10.1 Å². The molecule has 7 heteroatoms. The first-order valence-corrected chi connectivity index (χ1v) is 6.35. The number of hydrogen-bond acceptors (Lipinski definition) is 4. The maximum atomic E-state index is 11.8. The molecule has 0 saturated carbocycles. The Kier molecular flexibility index (Phi) is 5.64. The number of nitro benzene ring substituents is 1. The Morgan fingerprint density at radius 2 is 1.65 bits per heavy atom. The fourth-order valence-corrected chi connectivity index (χ4v) is 1.58. The highest BCUT2D eigenvalue weighted by atomic mass is 16.6. The van der Waals surface area contributed by atoms with Gasteiger partial charge in [-0.3, -0.25) is 19.7 Å². The lowest BCUT2D eigenvalue weighted by Gasteiger charge is -2.07. The molecule has 0 aliphatic rings. The molecule has 0 fully saturated rings. The average molecular weight is 279 g/mol. The third kappa shape index (κ3) is 4.04. The van der Waals surface area contributed by atoms with Gasteiger partial charge >= 0.3 is 0 Å². The Labute approximate surface area is 116 Å². The minimum absolute atomic E-state index is 0.0997. The van der Waals surface area contributed by atoms with E-state index in [9.17, 15) is 19.7 Å². The number of carbonyl (C=O) groups is 2. The molecule has 1 aromatic rings. The second kappa shape index (κ2) is 7.22. The van der Waals surface area contributed by atoms with Gasteiger partial charge in [-0.25, -0.2) is 0 Å². The molecule has 0 atom stereocenters.